The molecule has 29 heavy (non-hydrogen) atoms. The summed E-state index contributed by atoms with van der Waals surface area (Å²) in [7, 11) is 1.62. The van der Waals surface area contributed by atoms with E-state index in [0.29, 0.717) is 6.42 Å². The van der Waals surface area contributed by atoms with Crippen LogP contribution in [0.25, 0.3) is 0 Å². The summed E-state index contributed by atoms with van der Waals surface area (Å²) in [6.07, 6.45) is 5.51. The highest BCUT2D eigenvalue weighted by Gasteiger charge is 2.39. The van der Waals surface area contributed by atoms with Gasteiger partial charge in [-0.25, -0.2) is 4.79 Å². The maximum atomic E-state index is 13.2. The van der Waals surface area contributed by atoms with Crippen molar-refractivity contribution in [3.63, 3.8) is 0 Å². The molecular formula is C22H39N3O4. The molecule has 7 nitrogen and oxygen atoms in total. The Hall–Kier alpha value is -1.73. The second-order valence-corrected chi connectivity index (χ2v) is 9.06. The standard InChI is InChI=1S/C22H39N3O4/c1-16(2)19(27)21(5)12-10-8-9-11-13-29-20(28)25(7)15-22(6,24-17(3)4)18(26)14-23-21/h9,11,16-17,23-24H,8,10,12-15H2,1-7H3/t21-,22-/m0/s1. The molecule has 1 amide bonds. The fraction of sp³-hybridized carbons (Fsp3) is 0.773. The molecule has 0 aromatic carbocycles. The Labute approximate surface area is 175 Å². The Balaban J connectivity index is 3.16. The van der Waals surface area contributed by atoms with E-state index < -0.39 is 17.2 Å². The predicted octanol–water partition coefficient (Wildman–Crippen LogP) is 2.69. The Kier molecular flexibility index (Phi) is 9.49. The largest absolute Gasteiger partial charge is 0.445 e. The zero-order valence-corrected chi connectivity index (χ0v) is 19.1. The van der Waals surface area contributed by atoms with E-state index in [1.807, 2.05) is 46.8 Å². The van der Waals surface area contributed by atoms with Gasteiger partial charge in [-0.2, -0.15) is 0 Å². The Morgan fingerprint density at radius 1 is 1.21 bits per heavy atom. The third-order valence-corrected chi connectivity index (χ3v) is 5.31. The van der Waals surface area contributed by atoms with Crippen molar-refractivity contribution in [3.05, 3.63) is 12.2 Å². The minimum Gasteiger partial charge on any atom is -0.445 e. The number of ketones is 2. The summed E-state index contributed by atoms with van der Waals surface area (Å²) in [5.74, 6) is -0.119. The first kappa shape index (κ1) is 25.3. The van der Waals surface area contributed by atoms with Gasteiger partial charge in [0.05, 0.1) is 17.6 Å². The minimum absolute atomic E-state index is 0.0436. The molecule has 166 valence electrons. The molecule has 1 aliphatic heterocycles. The molecule has 2 atom stereocenters. The number of nitrogens with zero attached hydrogens (tertiary/aromatic N) is 1. The Morgan fingerprint density at radius 2 is 1.86 bits per heavy atom. The fourth-order valence-electron chi connectivity index (χ4n) is 3.79. The van der Waals surface area contributed by atoms with Crippen molar-refractivity contribution >= 4 is 17.7 Å². The van der Waals surface area contributed by atoms with Gasteiger partial charge in [0.1, 0.15) is 6.61 Å². The van der Waals surface area contributed by atoms with Gasteiger partial charge in [-0.15, -0.1) is 0 Å². The molecule has 1 heterocycles. The van der Waals surface area contributed by atoms with Crippen molar-refractivity contribution in [3.8, 4) is 0 Å². The van der Waals surface area contributed by atoms with Crippen LogP contribution in [-0.2, 0) is 14.3 Å². The van der Waals surface area contributed by atoms with Gasteiger partial charge in [-0.1, -0.05) is 26.0 Å². The van der Waals surface area contributed by atoms with Gasteiger partial charge in [-0.3, -0.25) is 14.9 Å². The molecule has 0 aromatic heterocycles. The van der Waals surface area contributed by atoms with Crippen LogP contribution >= 0.6 is 0 Å². The molecule has 2 N–H and O–H groups in total. The Morgan fingerprint density at radius 3 is 2.45 bits per heavy atom. The fourth-order valence-corrected chi connectivity index (χ4v) is 3.79. The SMILES string of the molecule is CC(C)N[C@@]1(C)CN(C)C(=O)OCC=CCCC[C@@](C)(C(=O)C(C)C)NCC1=O. The zero-order chi connectivity index (χ0) is 22.2. The summed E-state index contributed by atoms with van der Waals surface area (Å²) >= 11 is 0. The van der Waals surface area contributed by atoms with Crippen molar-refractivity contribution in [1.29, 1.82) is 0 Å². The minimum atomic E-state index is -0.966. The van der Waals surface area contributed by atoms with Gasteiger partial charge in [0.25, 0.3) is 0 Å². The van der Waals surface area contributed by atoms with E-state index in [1.165, 1.54) is 4.90 Å². The number of carbonyl (C=O) groups excluding carboxylic acids is 3. The molecule has 0 bridgehead atoms. The van der Waals surface area contributed by atoms with Crippen molar-refractivity contribution in [2.45, 2.75) is 77.9 Å². The molecule has 0 fully saturated rings. The molecule has 0 saturated carbocycles. The lowest BCUT2D eigenvalue weighted by molar-refractivity contribution is -0.129. The van der Waals surface area contributed by atoms with E-state index in [1.54, 1.807) is 14.0 Å². The van der Waals surface area contributed by atoms with Gasteiger partial charge >= 0.3 is 6.09 Å². The predicted molar refractivity (Wildman–Crippen MR) is 115 cm³/mol. The lowest BCUT2D eigenvalue weighted by Crippen LogP contribution is -2.63. The molecule has 1 rings (SSSR count). The van der Waals surface area contributed by atoms with Crippen LogP contribution in [0.2, 0.25) is 0 Å². The van der Waals surface area contributed by atoms with Crippen LogP contribution in [0, 0.1) is 5.92 Å². The van der Waals surface area contributed by atoms with Crippen LogP contribution in [-0.4, -0.2) is 66.4 Å². The zero-order valence-electron chi connectivity index (χ0n) is 19.1. The van der Waals surface area contributed by atoms with E-state index in [4.69, 9.17) is 4.74 Å². The number of ether oxygens (including phenoxy) is 1. The first-order chi connectivity index (χ1) is 13.4. The number of amides is 1. The molecule has 7 heteroatoms. The number of Topliss-reactive ketones (excluding diaryl/α,β-unsaturated/α-hetero) is 2. The van der Waals surface area contributed by atoms with Crippen LogP contribution in [0.4, 0.5) is 4.79 Å². The molecule has 0 aliphatic carbocycles. The smallest absolute Gasteiger partial charge is 0.409 e. The van der Waals surface area contributed by atoms with Crippen LogP contribution in [0.3, 0.4) is 0 Å². The first-order valence-corrected chi connectivity index (χ1v) is 10.5. The summed E-state index contributed by atoms with van der Waals surface area (Å²) in [6.45, 7) is 11.8. The van der Waals surface area contributed by atoms with Gasteiger partial charge in [0.2, 0.25) is 0 Å². The van der Waals surface area contributed by atoms with Gasteiger partial charge < -0.3 is 15.0 Å². The number of likely N-dealkylation sites (N-methyl/N-ethyl adjacent to an activating group) is 1. The van der Waals surface area contributed by atoms with Crippen LogP contribution in [0.5, 0.6) is 0 Å². The number of carbonyl (C=O) groups is 3. The topological polar surface area (TPSA) is 87.7 Å². The number of hydrogen-bond donors (Lipinski definition) is 2. The van der Waals surface area contributed by atoms with Crippen molar-refractivity contribution in [2.75, 3.05) is 26.7 Å². The summed E-state index contributed by atoms with van der Waals surface area (Å²) in [4.78, 5) is 39.8. The highest BCUT2D eigenvalue weighted by molar-refractivity contribution is 5.93. The van der Waals surface area contributed by atoms with Crippen LogP contribution in [0.15, 0.2) is 12.2 Å². The molecule has 0 unspecified atom stereocenters. The van der Waals surface area contributed by atoms with E-state index in [-0.39, 0.29) is 43.2 Å². The quantitative estimate of drug-likeness (QED) is 0.694. The summed E-state index contributed by atoms with van der Waals surface area (Å²) < 4.78 is 5.27. The summed E-state index contributed by atoms with van der Waals surface area (Å²) in [6, 6.07) is 0.0436. The van der Waals surface area contributed by atoms with E-state index in [0.717, 1.165) is 12.8 Å². The van der Waals surface area contributed by atoms with Crippen molar-refractivity contribution < 1.29 is 19.1 Å². The second kappa shape index (κ2) is 10.9. The third-order valence-electron chi connectivity index (χ3n) is 5.31. The lowest BCUT2D eigenvalue weighted by atomic mass is 9.83. The number of cyclic esters (lactones) is 1. The van der Waals surface area contributed by atoms with E-state index in [2.05, 4.69) is 10.6 Å². The van der Waals surface area contributed by atoms with Crippen LogP contribution in [0.1, 0.15) is 60.8 Å². The number of nitrogens with one attached hydrogen (secondary N) is 2. The van der Waals surface area contributed by atoms with Gasteiger partial charge in [0.15, 0.2) is 11.6 Å². The second-order valence-electron chi connectivity index (χ2n) is 9.06. The number of rotatable bonds is 4. The number of allylic oxidation sites excluding steroid dienone is 1. The van der Waals surface area contributed by atoms with Crippen LogP contribution < -0.4 is 10.6 Å². The summed E-state index contributed by atoms with van der Waals surface area (Å²) in [5.41, 5.74) is -1.73. The van der Waals surface area contributed by atoms with Gasteiger partial charge in [-0.05, 0) is 47.0 Å². The number of hydrogen-bond acceptors (Lipinski definition) is 6. The molecule has 0 spiro atoms. The maximum absolute atomic E-state index is 13.2. The maximum Gasteiger partial charge on any atom is 0.409 e. The molecule has 0 saturated heterocycles. The average Bonchev–Trinajstić information content (AvgIpc) is 2.62. The molecule has 1 aliphatic rings. The molecular weight excluding hydrogens is 370 g/mol. The van der Waals surface area contributed by atoms with E-state index in [9.17, 15) is 14.4 Å². The molecule has 0 aromatic rings. The molecule has 0 radical (unpaired) electrons. The first-order valence-electron chi connectivity index (χ1n) is 10.5. The highest BCUT2D eigenvalue weighted by Crippen LogP contribution is 2.21. The Bertz CT molecular complexity index is 617. The van der Waals surface area contributed by atoms with Crippen molar-refractivity contribution in [1.82, 2.24) is 15.5 Å². The summed E-state index contributed by atoms with van der Waals surface area (Å²) in [5, 5.41) is 6.55. The van der Waals surface area contributed by atoms with Crippen molar-refractivity contribution in [2.24, 2.45) is 5.92 Å². The van der Waals surface area contributed by atoms with Gasteiger partial charge in [0, 0.05) is 25.6 Å². The monoisotopic (exact) mass is 409 g/mol. The average molecular weight is 410 g/mol. The third kappa shape index (κ3) is 7.55. The normalized spacial score (nSPS) is 28.2. The highest BCUT2D eigenvalue weighted by atomic mass is 16.6. The van der Waals surface area contributed by atoms with E-state index >= 15 is 0 Å². The lowest BCUT2D eigenvalue weighted by Gasteiger charge is -2.37.